The maximum Gasteiger partial charge on any atom is 0.123 e. The Balaban J connectivity index is 2.77. The molecule has 0 radical (unpaired) electrons. The van der Waals surface area contributed by atoms with Crippen LogP contribution in [-0.4, -0.2) is 20.2 Å². The standard InChI is InChI=1S/C17H30N2O/c1-12(2)15(13(3)4)11-19-16(10-18)14-8-6-7-9-17(14)20-5/h6-9,12-13,15-16,19H,10-11,18H2,1-5H3. The zero-order chi connectivity index (χ0) is 15.1. The predicted octanol–water partition coefficient (Wildman–Crippen LogP) is 3.21. The summed E-state index contributed by atoms with van der Waals surface area (Å²) in [5.41, 5.74) is 7.09. The number of hydrogen-bond donors (Lipinski definition) is 2. The second kappa shape index (κ2) is 8.28. The minimum atomic E-state index is 0.145. The van der Waals surface area contributed by atoms with Gasteiger partial charge in [0.15, 0.2) is 0 Å². The van der Waals surface area contributed by atoms with Gasteiger partial charge in [-0.25, -0.2) is 0 Å². The van der Waals surface area contributed by atoms with Crippen molar-refractivity contribution in [2.75, 3.05) is 20.2 Å². The van der Waals surface area contributed by atoms with E-state index in [0.29, 0.717) is 24.3 Å². The molecule has 0 fully saturated rings. The SMILES string of the molecule is COc1ccccc1C(CN)NCC(C(C)C)C(C)C. The number of nitrogens with two attached hydrogens (primary N) is 1. The molecule has 0 aliphatic heterocycles. The Hall–Kier alpha value is -1.06. The topological polar surface area (TPSA) is 47.3 Å². The highest BCUT2D eigenvalue weighted by Gasteiger charge is 2.20. The van der Waals surface area contributed by atoms with E-state index >= 15 is 0 Å². The van der Waals surface area contributed by atoms with E-state index in [-0.39, 0.29) is 6.04 Å². The van der Waals surface area contributed by atoms with E-state index in [1.165, 1.54) is 0 Å². The molecule has 0 aromatic heterocycles. The lowest BCUT2D eigenvalue weighted by Crippen LogP contribution is -2.35. The Morgan fingerprint density at radius 2 is 1.70 bits per heavy atom. The van der Waals surface area contributed by atoms with Crippen LogP contribution in [0.15, 0.2) is 24.3 Å². The van der Waals surface area contributed by atoms with Crippen LogP contribution < -0.4 is 15.8 Å². The lowest BCUT2D eigenvalue weighted by atomic mass is 9.85. The van der Waals surface area contributed by atoms with E-state index in [1.807, 2.05) is 18.2 Å². The number of methoxy groups -OCH3 is 1. The Morgan fingerprint density at radius 3 is 2.20 bits per heavy atom. The van der Waals surface area contributed by atoms with Gasteiger partial charge < -0.3 is 15.8 Å². The zero-order valence-corrected chi connectivity index (χ0v) is 13.5. The molecule has 20 heavy (non-hydrogen) atoms. The molecule has 114 valence electrons. The third-order valence-electron chi connectivity index (χ3n) is 4.06. The van der Waals surface area contributed by atoms with Crippen molar-refractivity contribution in [3.8, 4) is 5.75 Å². The Kier molecular flexibility index (Phi) is 7.03. The second-order valence-corrected chi connectivity index (χ2v) is 6.09. The first-order valence-electron chi connectivity index (χ1n) is 7.57. The number of rotatable bonds is 8. The fourth-order valence-electron chi connectivity index (χ4n) is 2.79. The summed E-state index contributed by atoms with van der Waals surface area (Å²) in [4.78, 5) is 0. The van der Waals surface area contributed by atoms with Crippen molar-refractivity contribution >= 4 is 0 Å². The smallest absolute Gasteiger partial charge is 0.123 e. The molecule has 0 aliphatic carbocycles. The van der Waals surface area contributed by atoms with Crippen LogP contribution in [0.1, 0.15) is 39.3 Å². The molecule has 0 heterocycles. The average molecular weight is 278 g/mol. The number of ether oxygens (including phenoxy) is 1. The van der Waals surface area contributed by atoms with Gasteiger partial charge in [-0.05, 0) is 30.4 Å². The zero-order valence-electron chi connectivity index (χ0n) is 13.5. The van der Waals surface area contributed by atoms with Crippen molar-refractivity contribution < 1.29 is 4.74 Å². The highest BCUT2D eigenvalue weighted by Crippen LogP contribution is 2.26. The molecule has 1 aromatic carbocycles. The number of benzene rings is 1. The van der Waals surface area contributed by atoms with Gasteiger partial charge in [0.25, 0.3) is 0 Å². The molecule has 0 bridgehead atoms. The summed E-state index contributed by atoms with van der Waals surface area (Å²) in [6.07, 6.45) is 0. The van der Waals surface area contributed by atoms with Crippen LogP contribution >= 0.6 is 0 Å². The molecule has 0 saturated carbocycles. The van der Waals surface area contributed by atoms with E-state index in [2.05, 4.69) is 39.1 Å². The molecule has 0 amide bonds. The fourth-order valence-corrected chi connectivity index (χ4v) is 2.79. The van der Waals surface area contributed by atoms with Gasteiger partial charge >= 0.3 is 0 Å². The monoisotopic (exact) mass is 278 g/mol. The van der Waals surface area contributed by atoms with Gasteiger partial charge in [0.2, 0.25) is 0 Å². The van der Waals surface area contributed by atoms with Crippen LogP contribution in [0, 0.1) is 17.8 Å². The number of para-hydroxylation sites is 1. The molecule has 1 rings (SSSR count). The minimum absolute atomic E-state index is 0.145. The summed E-state index contributed by atoms with van der Waals surface area (Å²) >= 11 is 0. The summed E-state index contributed by atoms with van der Waals surface area (Å²) in [7, 11) is 1.71. The van der Waals surface area contributed by atoms with E-state index in [0.717, 1.165) is 17.9 Å². The minimum Gasteiger partial charge on any atom is -0.496 e. The van der Waals surface area contributed by atoms with Gasteiger partial charge in [0, 0.05) is 18.2 Å². The molecular weight excluding hydrogens is 248 g/mol. The van der Waals surface area contributed by atoms with Crippen LogP contribution in [0.3, 0.4) is 0 Å². The molecule has 0 spiro atoms. The van der Waals surface area contributed by atoms with Crippen molar-refractivity contribution in [3.05, 3.63) is 29.8 Å². The summed E-state index contributed by atoms with van der Waals surface area (Å²) < 4.78 is 5.43. The van der Waals surface area contributed by atoms with E-state index in [4.69, 9.17) is 10.5 Å². The molecular formula is C17H30N2O. The van der Waals surface area contributed by atoms with Gasteiger partial charge in [-0.1, -0.05) is 45.9 Å². The van der Waals surface area contributed by atoms with E-state index in [9.17, 15) is 0 Å². The summed E-state index contributed by atoms with van der Waals surface area (Å²) in [5, 5.41) is 3.62. The molecule has 0 aliphatic rings. The van der Waals surface area contributed by atoms with Gasteiger partial charge in [0.1, 0.15) is 5.75 Å². The Morgan fingerprint density at radius 1 is 1.10 bits per heavy atom. The quantitative estimate of drug-likeness (QED) is 0.767. The van der Waals surface area contributed by atoms with Crippen LogP contribution in [0.25, 0.3) is 0 Å². The molecule has 3 heteroatoms. The van der Waals surface area contributed by atoms with Crippen molar-refractivity contribution in [2.45, 2.75) is 33.7 Å². The maximum absolute atomic E-state index is 5.95. The number of hydrogen-bond acceptors (Lipinski definition) is 3. The number of nitrogens with one attached hydrogen (secondary N) is 1. The third kappa shape index (κ3) is 4.50. The van der Waals surface area contributed by atoms with Gasteiger partial charge in [0.05, 0.1) is 7.11 Å². The summed E-state index contributed by atoms with van der Waals surface area (Å²) in [6, 6.07) is 8.24. The van der Waals surface area contributed by atoms with Crippen molar-refractivity contribution in [1.29, 1.82) is 0 Å². The third-order valence-corrected chi connectivity index (χ3v) is 4.06. The molecule has 1 atom stereocenters. The van der Waals surface area contributed by atoms with Crippen LogP contribution in [0.4, 0.5) is 0 Å². The summed E-state index contributed by atoms with van der Waals surface area (Å²) in [6.45, 7) is 10.7. The van der Waals surface area contributed by atoms with Crippen LogP contribution in [-0.2, 0) is 0 Å². The molecule has 1 unspecified atom stereocenters. The maximum atomic E-state index is 5.95. The molecule has 0 saturated heterocycles. The average Bonchev–Trinajstić information content (AvgIpc) is 2.42. The van der Waals surface area contributed by atoms with Crippen molar-refractivity contribution in [2.24, 2.45) is 23.5 Å². The predicted molar refractivity (Wildman–Crippen MR) is 86.0 cm³/mol. The first-order valence-corrected chi connectivity index (χ1v) is 7.57. The normalized spacial score (nSPS) is 13.2. The lowest BCUT2D eigenvalue weighted by Gasteiger charge is -2.28. The highest BCUT2D eigenvalue weighted by atomic mass is 16.5. The van der Waals surface area contributed by atoms with E-state index < -0.39 is 0 Å². The van der Waals surface area contributed by atoms with Crippen molar-refractivity contribution in [1.82, 2.24) is 5.32 Å². The van der Waals surface area contributed by atoms with E-state index in [1.54, 1.807) is 7.11 Å². The largest absolute Gasteiger partial charge is 0.496 e. The van der Waals surface area contributed by atoms with Gasteiger partial charge in [-0.2, -0.15) is 0 Å². The first-order chi connectivity index (χ1) is 9.51. The highest BCUT2D eigenvalue weighted by molar-refractivity contribution is 5.36. The molecule has 3 nitrogen and oxygen atoms in total. The molecule has 1 aromatic rings. The van der Waals surface area contributed by atoms with Crippen molar-refractivity contribution in [3.63, 3.8) is 0 Å². The summed E-state index contributed by atoms with van der Waals surface area (Å²) in [5.74, 6) is 2.89. The van der Waals surface area contributed by atoms with Crippen LogP contribution in [0.2, 0.25) is 0 Å². The lowest BCUT2D eigenvalue weighted by molar-refractivity contribution is 0.265. The fraction of sp³-hybridized carbons (Fsp3) is 0.647. The van der Waals surface area contributed by atoms with Gasteiger partial charge in [-0.15, -0.1) is 0 Å². The van der Waals surface area contributed by atoms with Crippen LogP contribution in [0.5, 0.6) is 5.75 Å². The Bertz CT molecular complexity index is 382. The Labute approximate surface area is 123 Å². The first kappa shape index (κ1) is 17.0. The molecule has 3 N–H and O–H groups in total. The van der Waals surface area contributed by atoms with Gasteiger partial charge in [-0.3, -0.25) is 0 Å². The second-order valence-electron chi connectivity index (χ2n) is 6.09.